The SMILES string of the molecule is COc1ccc(CN2C(=O)CCc3c(OCC4CCN(c5ccc(Cl)cc5F)CC4O)ccc(F)c32)cc1. The molecule has 1 fully saturated rings. The molecule has 200 valence electrons. The summed E-state index contributed by atoms with van der Waals surface area (Å²) in [5.41, 5.74) is 2.14. The van der Waals surface area contributed by atoms with Crippen LogP contribution >= 0.6 is 11.6 Å². The molecule has 0 bridgehead atoms. The van der Waals surface area contributed by atoms with Crippen molar-refractivity contribution in [2.24, 2.45) is 5.92 Å². The van der Waals surface area contributed by atoms with Crippen molar-refractivity contribution in [3.05, 3.63) is 82.4 Å². The summed E-state index contributed by atoms with van der Waals surface area (Å²) in [6, 6.07) is 14.7. The summed E-state index contributed by atoms with van der Waals surface area (Å²) < 4.78 is 40.7. The number of carbonyl (C=O) groups excluding carboxylic acids is 1. The Morgan fingerprint density at radius 2 is 1.84 bits per heavy atom. The largest absolute Gasteiger partial charge is 0.497 e. The van der Waals surface area contributed by atoms with Crippen molar-refractivity contribution < 1.29 is 28.2 Å². The molecule has 2 heterocycles. The molecule has 0 spiro atoms. The number of methoxy groups -OCH3 is 1. The highest BCUT2D eigenvalue weighted by Gasteiger charge is 2.32. The van der Waals surface area contributed by atoms with Crippen LogP contribution in [-0.2, 0) is 17.8 Å². The monoisotopic (exact) mass is 542 g/mol. The molecule has 1 N–H and O–H groups in total. The molecule has 0 aliphatic carbocycles. The fraction of sp³-hybridized carbons (Fsp3) is 0.345. The van der Waals surface area contributed by atoms with Crippen LogP contribution in [0.1, 0.15) is 24.0 Å². The van der Waals surface area contributed by atoms with Gasteiger partial charge in [0.25, 0.3) is 0 Å². The van der Waals surface area contributed by atoms with E-state index in [0.29, 0.717) is 47.2 Å². The Balaban J connectivity index is 1.28. The minimum absolute atomic E-state index is 0.151. The van der Waals surface area contributed by atoms with Crippen molar-refractivity contribution in [1.82, 2.24) is 0 Å². The number of benzene rings is 3. The molecule has 1 saturated heterocycles. The number of amides is 1. The molecule has 3 aromatic carbocycles. The quantitative estimate of drug-likeness (QED) is 0.435. The van der Waals surface area contributed by atoms with Crippen molar-refractivity contribution in [1.29, 1.82) is 0 Å². The Bertz CT molecular complexity index is 1320. The number of rotatable bonds is 7. The topological polar surface area (TPSA) is 62.2 Å². The van der Waals surface area contributed by atoms with Crippen molar-refractivity contribution in [2.75, 3.05) is 36.6 Å². The first kappa shape index (κ1) is 26.3. The van der Waals surface area contributed by atoms with Crippen LogP contribution in [0.4, 0.5) is 20.2 Å². The van der Waals surface area contributed by atoms with E-state index in [2.05, 4.69) is 0 Å². The number of aliphatic hydroxyl groups excluding tert-OH is 1. The Labute approximate surface area is 225 Å². The van der Waals surface area contributed by atoms with Gasteiger partial charge in [-0.3, -0.25) is 4.79 Å². The molecule has 2 aliphatic heterocycles. The van der Waals surface area contributed by atoms with E-state index in [1.165, 1.54) is 17.0 Å². The second-order valence-corrected chi connectivity index (χ2v) is 10.1. The van der Waals surface area contributed by atoms with Gasteiger partial charge in [-0.1, -0.05) is 23.7 Å². The summed E-state index contributed by atoms with van der Waals surface area (Å²) in [5, 5.41) is 11.1. The van der Waals surface area contributed by atoms with E-state index in [9.17, 15) is 14.3 Å². The predicted octanol–water partition coefficient (Wildman–Crippen LogP) is 5.37. The first-order chi connectivity index (χ1) is 18.3. The van der Waals surface area contributed by atoms with E-state index in [1.807, 2.05) is 12.1 Å². The van der Waals surface area contributed by atoms with Gasteiger partial charge in [-0.25, -0.2) is 8.78 Å². The molecular formula is C29H29ClF2N2O4. The highest BCUT2D eigenvalue weighted by Crippen LogP contribution is 2.38. The molecule has 9 heteroatoms. The molecule has 0 aromatic heterocycles. The van der Waals surface area contributed by atoms with Crippen LogP contribution in [0.3, 0.4) is 0 Å². The molecule has 2 atom stereocenters. The van der Waals surface area contributed by atoms with Gasteiger partial charge in [0.15, 0.2) is 0 Å². The van der Waals surface area contributed by atoms with E-state index in [1.54, 1.807) is 42.3 Å². The van der Waals surface area contributed by atoms with Crippen molar-refractivity contribution in [3.63, 3.8) is 0 Å². The van der Waals surface area contributed by atoms with Crippen LogP contribution in [0.15, 0.2) is 54.6 Å². The van der Waals surface area contributed by atoms with E-state index in [0.717, 1.165) is 5.56 Å². The summed E-state index contributed by atoms with van der Waals surface area (Å²) >= 11 is 5.86. The van der Waals surface area contributed by atoms with Gasteiger partial charge in [0.2, 0.25) is 5.91 Å². The van der Waals surface area contributed by atoms with Gasteiger partial charge in [-0.15, -0.1) is 0 Å². The lowest BCUT2D eigenvalue weighted by Gasteiger charge is -2.37. The van der Waals surface area contributed by atoms with E-state index in [4.69, 9.17) is 21.1 Å². The zero-order valence-electron chi connectivity index (χ0n) is 21.0. The highest BCUT2D eigenvalue weighted by atomic mass is 35.5. The average molecular weight is 543 g/mol. The Morgan fingerprint density at radius 1 is 1.05 bits per heavy atom. The second kappa shape index (κ2) is 11.2. The number of aliphatic hydroxyl groups is 1. The normalized spacial score (nSPS) is 19.3. The number of nitrogens with zero attached hydrogens (tertiary/aromatic N) is 2. The number of hydrogen-bond donors (Lipinski definition) is 1. The molecule has 0 saturated carbocycles. The zero-order valence-corrected chi connectivity index (χ0v) is 21.8. The van der Waals surface area contributed by atoms with Gasteiger partial charge in [0.1, 0.15) is 23.1 Å². The van der Waals surface area contributed by atoms with Crippen molar-refractivity contribution >= 4 is 28.9 Å². The molecule has 3 aromatic rings. The van der Waals surface area contributed by atoms with Gasteiger partial charge in [0, 0.05) is 36.0 Å². The molecule has 38 heavy (non-hydrogen) atoms. The van der Waals surface area contributed by atoms with Crippen molar-refractivity contribution in [2.45, 2.75) is 31.9 Å². The van der Waals surface area contributed by atoms with Crippen LogP contribution in [-0.4, -0.2) is 43.9 Å². The summed E-state index contributed by atoms with van der Waals surface area (Å²) in [5.74, 6) is -0.0258. The van der Waals surface area contributed by atoms with Gasteiger partial charge >= 0.3 is 0 Å². The summed E-state index contributed by atoms with van der Waals surface area (Å²) in [6.45, 7) is 1.27. The van der Waals surface area contributed by atoms with E-state index < -0.39 is 17.7 Å². The van der Waals surface area contributed by atoms with Crippen LogP contribution < -0.4 is 19.3 Å². The third kappa shape index (κ3) is 5.42. The minimum Gasteiger partial charge on any atom is -0.497 e. The number of hydrogen-bond acceptors (Lipinski definition) is 5. The molecule has 0 radical (unpaired) electrons. The molecule has 2 unspecified atom stereocenters. The van der Waals surface area contributed by atoms with Crippen molar-refractivity contribution in [3.8, 4) is 11.5 Å². The van der Waals surface area contributed by atoms with Crippen LogP contribution in [0, 0.1) is 17.6 Å². The summed E-state index contributed by atoms with van der Waals surface area (Å²) in [4.78, 5) is 16.1. The minimum atomic E-state index is -0.733. The maximum Gasteiger partial charge on any atom is 0.227 e. The van der Waals surface area contributed by atoms with Crippen LogP contribution in [0.25, 0.3) is 0 Å². The summed E-state index contributed by atoms with van der Waals surface area (Å²) in [6.07, 6.45) is 0.478. The van der Waals surface area contributed by atoms with E-state index in [-0.39, 0.29) is 43.6 Å². The van der Waals surface area contributed by atoms with E-state index >= 15 is 4.39 Å². The zero-order chi connectivity index (χ0) is 26.8. The lowest BCUT2D eigenvalue weighted by atomic mass is 9.94. The van der Waals surface area contributed by atoms with Gasteiger partial charge in [-0.2, -0.15) is 0 Å². The van der Waals surface area contributed by atoms with Gasteiger partial charge in [0.05, 0.1) is 37.7 Å². The third-order valence-electron chi connectivity index (χ3n) is 7.27. The Morgan fingerprint density at radius 3 is 2.55 bits per heavy atom. The number of ether oxygens (including phenoxy) is 2. The standard InChI is InChI=1S/C29H29ClF2N2O4/c1-37-21-5-2-18(3-6-21)15-34-28(36)11-7-22-27(10-8-23(31)29(22)34)38-17-19-12-13-33(16-26(19)35)25-9-4-20(30)14-24(25)32/h2-6,8-10,14,19,26,35H,7,11-13,15-17H2,1H3. The average Bonchev–Trinajstić information content (AvgIpc) is 2.91. The van der Waals surface area contributed by atoms with Crippen LogP contribution in [0.5, 0.6) is 11.5 Å². The fourth-order valence-corrected chi connectivity index (χ4v) is 5.32. The first-order valence-electron chi connectivity index (χ1n) is 12.6. The van der Waals surface area contributed by atoms with Gasteiger partial charge in [-0.05, 0) is 60.9 Å². The molecular weight excluding hydrogens is 514 g/mol. The second-order valence-electron chi connectivity index (χ2n) is 9.67. The number of halogens is 3. The number of β-amino-alcohol motifs (C(OH)–C–C–N with tert-alkyl or cyclic N) is 1. The number of carbonyl (C=O) groups is 1. The molecule has 6 nitrogen and oxygen atoms in total. The summed E-state index contributed by atoms with van der Waals surface area (Å²) in [7, 11) is 1.58. The molecule has 1 amide bonds. The molecule has 2 aliphatic rings. The maximum absolute atomic E-state index is 15.1. The lowest BCUT2D eigenvalue weighted by Crippen LogP contribution is -2.46. The molecule has 5 rings (SSSR count). The fourth-order valence-electron chi connectivity index (χ4n) is 5.16. The smallest absolute Gasteiger partial charge is 0.227 e. The first-order valence-corrected chi connectivity index (χ1v) is 13.0. The highest BCUT2D eigenvalue weighted by molar-refractivity contribution is 6.30. The Kier molecular flexibility index (Phi) is 7.72. The number of fused-ring (bicyclic) bond motifs is 1. The Hall–Kier alpha value is -3.36. The number of anilines is 2. The van der Waals surface area contributed by atoms with Gasteiger partial charge < -0.3 is 24.4 Å². The predicted molar refractivity (Wildman–Crippen MR) is 142 cm³/mol. The lowest BCUT2D eigenvalue weighted by molar-refractivity contribution is -0.119. The van der Waals surface area contributed by atoms with Crippen LogP contribution in [0.2, 0.25) is 5.02 Å². The third-order valence-corrected chi connectivity index (χ3v) is 7.51. The maximum atomic E-state index is 15.1. The number of piperidine rings is 1.